The summed E-state index contributed by atoms with van der Waals surface area (Å²) in [7, 11) is -2.12. The molecule has 1 aromatic rings. The zero-order valence-corrected chi connectivity index (χ0v) is 14.1. The van der Waals surface area contributed by atoms with E-state index in [0.29, 0.717) is 24.5 Å². The molecule has 1 aromatic carbocycles. The minimum atomic E-state index is -3.63. The first-order valence-corrected chi connectivity index (χ1v) is 8.70. The van der Waals surface area contributed by atoms with Crippen molar-refractivity contribution in [3.8, 4) is 0 Å². The maximum absolute atomic E-state index is 11.9. The van der Waals surface area contributed by atoms with Crippen molar-refractivity contribution in [3.05, 3.63) is 24.3 Å². The average Bonchev–Trinajstić information content (AvgIpc) is 2.44. The van der Waals surface area contributed by atoms with Crippen LogP contribution >= 0.6 is 0 Å². The molecule has 0 aliphatic heterocycles. The smallest absolute Gasteiger partial charge is 0.240 e. The highest BCUT2D eigenvalue weighted by atomic mass is 32.2. The topological polar surface area (TPSA) is 105 Å². The summed E-state index contributed by atoms with van der Waals surface area (Å²) in [5.74, 6) is -0.659. The van der Waals surface area contributed by atoms with Crippen molar-refractivity contribution in [2.24, 2.45) is 0 Å². The minimum Gasteiger partial charge on any atom is -0.383 e. The van der Waals surface area contributed by atoms with Crippen molar-refractivity contribution in [3.63, 3.8) is 0 Å². The summed E-state index contributed by atoms with van der Waals surface area (Å²) in [4.78, 5) is 22.8. The van der Waals surface area contributed by atoms with E-state index in [9.17, 15) is 18.0 Å². The first-order chi connectivity index (χ1) is 10.7. The number of ether oxygens (including phenoxy) is 1. The molecule has 0 saturated heterocycles. The van der Waals surface area contributed by atoms with Crippen LogP contribution in [0.3, 0.4) is 0 Å². The number of hydrogen-bond donors (Lipinski definition) is 2. The van der Waals surface area contributed by atoms with Gasteiger partial charge in [0.05, 0.1) is 18.6 Å². The highest BCUT2D eigenvalue weighted by Crippen LogP contribution is 2.20. The van der Waals surface area contributed by atoms with Gasteiger partial charge in [0, 0.05) is 26.3 Å². The molecule has 0 unspecified atom stereocenters. The Morgan fingerprint density at radius 2 is 1.83 bits per heavy atom. The molecule has 0 aromatic heterocycles. The van der Waals surface area contributed by atoms with Crippen molar-refractivity contribution in [1.29, 1.82) is 0 Å². The quantitative estimate of drug-likeness (QED) is 0.655. The Kier molecular flexibility index (Phi) is 6.98. The Morgan fingerprint density at radius 3 is 2.30 bits per heavy atom. The van der Waals surface area contributed by atoms with Gasteiger partial charge in [-0.05, 0) is 24.3 Å². The molecule has 1 rings (SSSR count). The van der Waals surface area contributed by atoms with Crippen LogP contribution in [0.15, 0.2) is 24.3 Å². The van der Waals surface area contributed by atoms with E-state index < -0.39 is 15.9 Å². The van der Waals surface area contributed by atoms with Gasteiger partial charge in [0.25, 0.3) is 0 Å². The Morgan fingerprint density at radius 1 is 1.22 bits per heavy atom. The molecule has 0 aliphatic rings. The molecule has 0 fully saturated rings. The third-order valence-electron chi connectivity index (χ3n) is 2.79. The minimum absolute atomic E-state index is 0.227. The lowest BCUT2D eigenvalue weighted by molar-refractivity contribution is -0.119. The number of benzene rings is 1. The van der Waals surface area contributed by atoms with Crippen molar-refractivity contribution < 1.29 is 22.7 Å². The second-order valence-electron chi connectivity index (χ2n) is 4.84. The number of sulfonamides is 1. The Hall–Kier alpha value is -2.13. The molecule has 0 aliphatic carbocycles. The zero-order chi connectivity index (χ0) is 17.5. The van der Waals surface area contributed by atoms with Crippen LogP contribution in [0, 0.1) is 0 Å². The molecule has 2 amide bonds. The fourth-order valence-corrected chi connectivity index (χ4v) is 2.65. The van der Waals surface area contributed by atoms with E-state index in [4.69, 9.17) is 4.74 Å². The van der Waals surface area contributed by atoms with Gasteiger partial charge < -0.3 is 15.4 Å². The largest absolute Gasteiger partial charge is 0.383 e. The number of methoxy groups -OCH3 is 1. The van der Waals surface area contributed by atoms with Crippen molar-refractivity contribution in [1.82, 2.24) is 5.32 Å². The maximum Gasteiger partial charge on any atom is 0.240 e. The summed E-state index contributed by atoms with van der Waals surface area (Å²) in [5, 5.41) is 5.15. The molecule has 0 spiro atoms. The van der Waals surface area contributed by atoms with E-state index in [2.05, 4.69) is 10.6 Å². The predicted molar refractivity (Wildman–Crippen MR) is 87.8 cm³/mol. The lowest BCUT2D eigenvalue weighted by Gasteiger charge is -2.22. The molecule has 0 atom stereocenters. The molecule has 0 saturated carbocycles. The highest BCUT2D eigenvalue weighted by Gasteiger charge is 2.20. The number of rotatable bonds is 8. The van der Waals surface area contributed by atoms with Gasteiger partial charge in [0.1, 0.15) is 6.54 Å². The van der Waals surface area contributed by atoms with Gasteiger partial charge in [-0.3, -0.25) is 13.9 Å². The van der Waals surface area contributed by atoms with Gasteiger partial charge in [-0.15, -0.1) is 0 Å². The van der Waals surface area contributed by atoms with Crippen LogP contribution in [0.4, 0.5) is 11.4 Å². The molecule has 9 heteroatoms. The molecule has 23 heavy (non-hydrogen) atoms. The Balaban J connectivity index is 2.86. The van der Waals surface area contributed by atoms with Crippen LogP contribution in [-0.4, -0.2) is 53.3 Å². The monoisotopic (exact) mass is 343 g/mol. The van der Waals surface area contributed by atoms with Crippen LogP contribution in [0.1, 0.15) is 6.92 Å². The molecular weight excluding hydrogens is 322 g/mol. The van der Waals surface area contributed by atoms with E-state index in [1.807, 2.05) is 0 Å². The normalized spacial score (nSPS) is 10.9. The lowest BCUT2D eigenvalue weighted by Crippen LogP contribution is -2.41. The second kappa shape index (κ2) is 8.49. The number of anilines is 2. The summed E-state index contributed by atoms with van der Waals surface area (Å²) in [5.41, 5.74) is 0.878. The van der Waals surface area contributed by atoms with Crippen LogP contribution < -0.4 is 14.9 Å². The van der Waals surface area contributed by atoms with Gasteiger partial charge in [-0.1, -0.05) is 0 Å². The maximum atomic E-state index is 11.9. The molecular formula is C14H21N3O5S. The molecule has 0 bridgehead atoms. The number of hydrogen-bond acceptors (Lipinski definition) is 5. The molecule has 2 N–H and O–H groups in total. The van der Waals surface area contributed by atoms with E-state index in [1.54, 1.807) is 12.1 Å². The number of carbonyl (C=O) groups excluding carboxylic acids is 2. The summed E-state index contributed by atoms with van der Waals surface area (Å²) in [6.45, 7) is 1.69. The Bertz CT molecular complexity index is 643. The van der Waals surface area contributed by atoms with Crippen LogP contribution in [0.25, 0.3) is 0 Å². The summed E-state index contributed by atoms with van der Waals surface area (Å²) in [6.07, 6.45) is 1.02. The zero-order valence-electron chi connectivity index (χ0n) is 13.3. The standard InChI is InChI=1S/C14H21N3O5S/c1-11(18)16-12-4-6-13(7-5-12)17(23(3,20)21)10-14(19)15-8-9-22-2/h4-7H,8-10H2,1-3H3,(H,15,19)(H,16,18). The molecule has 0 radical (unpaired) electrons. The second-order valence-corrected chi connectivity index (χ2v) is 6.75. The first kappa shape index (κ1) is 18.9. The van der Waals surface area contributed by atoms with Crippen LogP contribution in [0.2, 0.25) is 0 Å². The summed E-state index contributed by atoms with van der Waals surface area (Å²) in [6, 6.07) is 6.18. The predicted octanol–water partition coefficient (Wildman–Crippen LogP) is 0.174. The van der Waals surface area contributed by atoms with E-state index in [1.165, 1.54) is 26.2 Å². The van der Waals surface area contributed by atoms with E-state index >= 15 is 0 Å². The fraction of sp³-hybridized carbons (Fsp3) is 0.429. The van der Waals surface area contributed by atoms with Gasteiger partial charge in [-0.2, -0.15) is 0 Å². The van der Waals surface area contributed by atoms with Crippen molar-refractivity contribution in [2.75, 3.05) is 42.7 Å². The van der Waals surface area contributed by atoms with Crippen molar-refractivity contribution in [2.45, 2.75) is 6.92 Å². The summed E-state index contributed by atoms with van der Waals surface area (Å²) >= 11 is 0. The van der Waals surface area contributed by atoms with Gasteiger partial charge >= 0.3 is 0 Å². The number of nitrogens with one attached hydrogen (secondary N) is 2. The van der Waals surface area contributed by atoms with E-state index in [0.717, 1.165) is 10.6 Å². The third-order valence-corrected chi connectivity index (χ3v) is 3.93. The third kappa shape index (κ3) is 6.66. The van der Waals surface area contributed by atoms with Crippen molar-refractivity contribution >= 4 is 33.2 Å². The SMILES string of the molecule is COCCNC(=O)CN(c1ccc(NC(C)=O)cc1)S(C)(=O)=O. The lowest BCUT2D eigenvalue weighted by atomic mass is 10.2. The average molecular weight is 343 g/mol. The number of amides is 2. The number of carbonyl (C=O) groups is 2. The molecule has 8 nitrogen and oxygen atoms in total. The summed E-state index contributed by atoms with van der Waals surface area (Å²) < 4.78 is 29.6. The van der Waals surface area contributed by atoms with Gasteiger partial charge in [0.2, 0.25) is 21.8 Å². The first-order valence-electron chi connectivity index (χ1n) is 6.85. The molecule has 0 heterocycles. The van der Waals surface area contributed by atoms with Gasteiger partial charge in [-0.25, -0.2) is 8.42 Å². The Labute approximate surface area is 135 Å². The van der Waals surface area contributed by atoms with Crippen LogP contribution in [0.5, 0.6) is 0 Å². The highest BCUT2D eigenvalue weighted by molar-refractivity contribution is 7.92. The van der Waals surface area contributed by atoms with Gasteiger partial charge in [0.15, 0.2) is 0 Å². The molecule has 128 valence electrons. The van der Waals surface area contributed by atoms with E-state index in [-0.39, 0.29) is 12.5 Å². The van der Waals surface area contributed by atoms with Crippen LogP contribution in [-0.2, 0) is 24.3 Å². The number of nitrogens with zero attached hydrogens (tertiary/aromatic N) is 1. The fourth-order valence-electron chi connectivity index (χ4n) is 1.79.